The van der Waals surface area contributed by atoms with Gasteiger partial charge in [-0.25, -0.2) is 0 Å². The van der Waals surface area contributed by atoms with Crippen molar-refractivity contribution in [2.75, 3.05) is 26.2 Å². The number of rotatable bonds is 4. The standard InChI is InChI=1S/C14H17ClN4O2/c15-11-3-1-10(2-4-11)14-18-17-13(21-14)9-19-5-6-20-12(7-16)8-19/h1-4,12H,5-9,16H2. The van der Waals surface area contributed by atoms with Crippen LogP contribution in [0, 0.1) is 0 Å². The van der Waals surface area contributed by atoms with Gasteiger partial charge in [0.25, 0.3) is 0 Å². The lowest BCUT2D eigenvalue weighted by atomic mass is 10.2. The van der Waals surface area contributed by atoms with Crippen molar-refractivity contribution in [3.63, 3.8) is 0 Å². The highest BCUT2D eigenvalue weighted by molar-refractivity contribution is 6.30. The second-order valence-electron chi connectivity index (χ2n) is 4.97. The molecule has 0 spiro atoms. The zero-order chi connectivity index (χ0) is 14.7. The lowest BCUT2D eigenvalue weighted by Crippen LogP contribution is -2.45. The molecule has 0 saturated carbocycles. The molecule has 3 rings (SSSR count). The number of nitrogens with zero attached hydrogens (tertiary/aromatic N) is 3. The summed E-state index contributed by atoms with van der Waals surface area (Å²) in [6.45, 7) is 3.45. The van der Waals surface area contributed by atoms with Crippen LogP contribution in [-0.4, -0.2) is 47.4 Å². The third-order valence-electron chi connectivity index (χ3n) is 3.40. The number of morpholine rings is 1. The molecule has 2 aromatic rings. The number of aromatic nitrogens is 2. The molecule has 1 aliphatic heterocycles. The van der Waals surface area contributed by atoms with E-state index in [9.17, 15) is 0 Å². The Kier molecular flexibility index (Phi) is 4.50. The fourth-order valence-corrected chi connectivity index (χ4v) is 2.41. The minimum absolute atomic E-state index is 0.0809. The summed E-state index contributed by atoms with van der Waals surface area (Å²) in [5.74, 6) is 1.10. The van der Waals surface area contributed by atoms with Crippen molar-refractivity contribution in [3.05, 3.63) is 35.2 Å². The van der Waals surface area contributed by atoms with E-state index >= 15 is 0 Å². The van der Waals surface area contributed by atoms with Gasteiger partial charge in [0.2, 0.25) is 11.8 Å². The molecule has 0 bridgehead atoms. The third-order valence-corrected chi connectivity index (χ3v) is 3.65. The van der Waals surface area contributed by atoms with Gasteiger partial charge in [0.05, 0.1) is 19.3 Å². The summed E-state index contributed by atoms with van der Waals surface area (Å²) < 4.78 is 11.2. The van der Waals surface area contributed by atoms with Crippen LogP contribution in [0.1, 0.15) is 5.89 Å². The molecule has 2 heterocycles. The lowest BCUT2D eigenvalue weighted by Gasteiger charge is -2.31. The van der Waals surface area contributed by atoms with E-state index in [2.05, 4.69) is 15.1 Å². The van der Waals surface area contributed by atoms with Gasteiger partial charge in [0, 0.05) is 30.2 Å². The highest BCUT2D eigenvalue weighted by Gasteiger charge is 2.21. The monoisotopic (exact) mass is 308 g/mol. The SMILES string of the molecule is NCC1CN(Cc2nnc(-c3ccc(Cl)cc3)o2)CCO1. The fourth-order valence-electron chi connectivity index (χ4n) is 2.28. The molecule has 0 amide bonds. The molecule has 1 saturated heterocycles. The summed E-state index contributed by atoms with van der Waals surface area (Å²) in [6.07, 6.45) is 0.0809. The van der Waals surface area contributed by atoms with Gasteiger partial charge < -0.3 is 14.9 Å². The first-order valence-corrected chi connectivity index (χ1v) is 7.25. The fraction of sp³-hybridized carbons (Fsp3) is 0.429. The molecule has 2 N–H and O–H groups in total. The van der Waals surface area contributed by atoms with Crippen LogP contribution in [0.4, 0.5) is 0 Å². The van der Waals surface area contributed by atoms with Gasteiger partial charge in [-0.15, -0.1) is 10.2 Å². The van der Waals surface area contributed by atoms with Crippen molar-refractivity contribution in [2.24, 2.45) is 5.73 Å². The number of nitrogens with two attached hydrogens (primary N) is 1. The quantitative estimate of drug-likeness (QED) is 0.923. The first-order chi connectivity index (χ1) is 10.2. The minimum Gasteiger partial charge on any atom is -0.419 e. The number of benzene rings is 1. The Hall–Kier alpha value is -1.47. The summed E-state index contributed by atoms with van der Waals surface area (Å²) in [6, 6.07) is 7.32. The van der Waals surface area contributed by atoms with Gasteiger partial charge in [-0.05, 0) is 24.3 Å². The first kappa shape index (κ1) is 14.5. The van der Waals surface area contributed by atoms with E-state index in [1.807, 2.05) is 12.1 Å². The van der Waals surface area contributed by atoms with E-state index < -0.39 is 0 Å². The van der Waals surface area contributed by atoms with Crippen LogP contribution in [0.5, 0.6) is 0 Å². The van der Waals surface area contributed by atoms with Gasteiger partial charge in [0.15, 0.2) is 0 Å². The number of hydrogen-bond donors (Lipinski definition) is 1. The maximum absolute atomic E-state index is 5.87. The van der Waals surface area contributed by atoms with Crippen LogP contribution in [0.2, 0.25) is 5.02 Å². The van der Waals surface area contributed by atoms with Crippen molar-refractivity contribution >= 4 is 11.6 Å². The zero-order valence-corrected chi connectivity index (χ0v) is 12.3. The molecule has 1 fully saturated rings. The predicted octanol–water partition coefficient (Wildman–Crippen LogP) is 1.55. The van der Waals surface area contributed by atoms with Crippen LogP contribution >= 0.6 is 11.6 Å². The molecule has 7 heteroatoms. The Morgan fingerprint density at radius 3 is 2.86 bits per heavy atom. The largest absolute Gasteiger partial charge is 0.419 e. The summed E-state index contributed by atoms with van der Waals surface area (Å²) in [7, 11) is 0. The predicted molar refractivity (Wildman–Crippen MR) is 78.8 cm³/mol. The summed E-state index contributed by atoms with van der Waals surface area (Å²) in [5.41, 5.74) is 6.50. The smallest absolute Gasteiger partial charge is 0.247 e. The van der Waals surface area contributed by atoms with Crippen LogP contribution in [-0.2, 0) is 11.3 Å². The highest BCUT2D eigenvalue weighted by atomic mass is 35.5. The zero-order valence-electron chi connectivity index (χ0n) is 11.5. The molecule has 112 valence electrons. The summed E-state index contributed by atoms with van der Waals surface area (Å²) in [5, 5.41) is 8.86. The normalized spacial score (nSPS) is 19.8. The molecular weight excluding hydrogens is 292 g/mol. The van der Waals surface area contributed by atoms with Gasteiger partial charge in [-0.2, -0.15) is 0 Å². The second-order valence-corrected chi connectivity index (χ2v) is 5.41. The molecular formula is C14H17ClN4O2. The molecule has 1 aliphatic rings. The molecule has 1 aromatic carbocycles. The topological polar surface area (TPSA) is 77.4 Å². The number of halogens is 1. The Labute approximate surface area is 127 Å². The maximum Gasteiger partial charge on any atom is 0.247 e. The molecule has 1 aromatic heterocycles. The highest BCUT2D eigenvalue weighted by Crippen LogP contribution is 2.21. The van der Waals surface area contributed by atoms with Crippen molar-refractivity contribution in [1.29, 1.82) is 0 Å². The van der Waals surface area contributed by atoms with Crippen LogP contribution in [0.15, 0.2) is 28.7 Å². The molecule has 1 unspecified atom stereocenters. The Balaban J connectivity index is 1.66. The average Bonchev–Trinajstić information content (AvgIpc) is 2.96. The molecule has 1 atom stereocenters. The van der Waals surface area contributed by atoms with Crippen LogP contribution in [0.3, 0.4) is 0 Å². The van der Waals surface area contributed by atoms with E-state index in [0.29, 0.717) is 36.5 Å². The van der Waals surface area contributed by atoms with E-state index in [-0.39, 0.29) is 6.10 Å². The third kappa shape index (κ3) is 3.59. The van der Waals surface area contributed by atoms with E-state index in [4.69, 9.17) is 26.5 Å². The lowest BCUT2D eigenvalue weighted by molar-refractivity contribution is -0.0283. The second kappa shape index (κ2) is 6.53. The minimum atomic E-state index is 0.0809. The first-order valence-electron chi connectivity index (χ1n) is 6.87. The summed E-state index contributed by atoms with van der Waals surface area (Å²) >= 11 is 5.87. The number of hydrogen-bond acceptors (Lipinski definition) is 6. The molecule has 0 radical (unpaired) electrons. The Morgan fingerprint density at radius 1 is 1.29 bits per heavy atom. The maximum atomic E-state index is 5.87. The van der Waals surface area contributed by atoms with Crippen molar-refractivity contribution in [2.45, 2.75) is 12.6 Å². The van der Waals surface area contributed by atoms with Crippen LogP contribution < -0.4 is 5.73 Å². The number of ether oxygens (including phenoxy) is 1. The Bertz CT molecular complexity index is 587. The van der Waals surface area contributed by atoms with E-state index in [0.717, 1.165) is 18.7 Å². The summed E-state index contributed by atoms with van der Waals surface area (Å²) in [4.78, 5) is 2.21. The molecule has 6 nitrogen and oxygen atoms in total. The van der Waals surface area contributed by atoms with Crippen molar-refractivity contribution in [3.8, 4) is 11.5 Å². The molecule has 0 aliphatic carbocycles. The van der Waals surface area contributed by atoms with E-state index in [1.165, 1.54) is 0 Å². The van der Waals surface area contributed by atoms with Gasteiger partial charge in [-0.1, -0.05) is 11.6 Å². The Morgan fingerprint density at radius 2 is 2.10 bits per heavy atom. The van der Waals surface area contributed by atoms with Gasteiger partial charge >= 0.3 is 0 Å². The molecule has 21 heavy (non-hydrogen) atoms. The van der Waals surface area contributed by atoms with Gasteiger partial charge in [0.1, 0.15) is 0 Å². The van der Waals surface area contributed by atoms with Crippen molar-refractivity contribution < 1.29 is 9.15 Å². The van der Waals surface area contributed by atoms with Gasteiger partial charge in [-0.3, -0.25) is 4.90 Å². The average molecular weight is 309 g/mol. The van der Waals surface area contributed by atoms with Crippen LogP contribution in [0.25, 0.3) is 11.5 Å². The van der Waals surface area contributed by atoms with Crippen molar-refractivity contribution in [1.82, 2.24) is 15.1 Å². The van der Waals surface area contributed by atoms with E-state index in [1.54, 1.807) is 12.1 Å².